The molecule has 2 aromatic carbocycles. The van der Waals surface area contributed by atoms with Gasteiger partial charge >= 0.3 is 0 Å². The molecule has 0 spiro atoms. The molecule has 1 aromatic heterocycles. The first-order valence-electron chi connectivity index (χ1n) is 7.81. The first kappa shape index (κ1) is 18.3. The van der Waals surface area contributed by atoms with E-state index in [1.165, 1.54) is 11.8 Å². The molecule has 0 unspecified atom stereocenters. The topological polar surface area (TPSA) is 79.9 Å². The lowest BCUT2D eigenvalue weighted by molar-refractivity contribution is -0.113. The predicted octanol–water partition coefficient (Wildman–Crippen LogP) is 4.17. The lowest BCUT2D eigenvalue weighted by Gasteiger charge is -2.05. The molecule has 26 heavy (non-hydrogen) atoms. The fourth-order valence-electron chi connectivity index (χ4n) is 2.19. The minimum atomic E-state index is -0.147. The zero-order chi connectivity index (χ0) is 18.5. The molecular formula is C18H17ClN4O2S. The van der Waals surface area contributed by atoms with Crippen LogP contribution in [-0.4, -0.2) is 34.0 Å². The number of aromatic amines is 1. The second kappa shape index (κ2) is 8.25. The van der Waals surface area contributed by atoms with E-state index in [-0.39, 0.29) is 11.7 Å². The van der Waals surface area contributed by atoms with Crippen LogP contribution in [0, 0.1) is 6.92 Å². The number of thioether (sulfide) groups is 1. The summed E-state index contributed by atoms with van der Waals surface area (Å²) in [6.07, 6.45) is 0. The summed E-state index contributed by atoms with van der Waals surface area (Å²) in [5.74, 6) is 1.47. The van der Waals surface area contributed by atoms with Crippen LogP contribution in [-0.2, 0) is 4.79 Å². The molecule has 0 aliphatic heterocycles. The Morgan fingerprint density at radius 3 is 2.73 bits per heavy atom. The summed E-state index contributed by atoms with van der Waals surface area (Å²) < 4.78 is 5.13. The smallest absolute Gasteiger partial charge is 0.234 e. The number of anilines is 1. The second-order valence-corrected chi connectivity index (χ2v) is 6.85. The third kappa shape index (κ3) is 4.56. The van der Waals surface area contributed by atoms with Crippen LogP contribution in [0.1, 0.15) is 5.56 Å². The molecule has 1 heterocycles. The summed E-state index contributed by atoms with van der Waals surface area (Å²) in [5.41, 5.74) is 2.52. The van der Waals surface area contributed by atoms with Crippen molar-refractivity contribution in [1.82, 2.24) is 15.2 Å². The number of rotatable bonds is 6. The van der Waals surface area contributed by atoms with Gasteiger partial charge in [-0.05, 0) is 48.9 Å². The number of amides is 1. The normalized spacial score (nSPS) is 10.6. The average molecular weight is 389 g/mol. The number of carbonyl (C=O) groups is 1. The summed E-state index contributed by atoms with van der Waals surface area (Å²) >= 11 is 7.32. The molecule has 0 aliphatic rings. The van der Waals surface area contributed by atoms with E-state index >= 15 is 0 Å². The highest BCUT2D eigenvalue weighted by atomic mass is 35.5. The number of H-pyrrole nitrogens is 1. The Bertz CT molecular complexity index is 912. The third-order valence-electron chi connectivity index (χ3n) is 3.62. The SMILES string of the molecule is COc1ccc(-c2nc(SCC(=O)Nc3ccc(C)c(Cl)c3)n[nH]2)cc1. The van der Waals surface area contributed by atoms with Crippen molar-refractivity contribution in [3.05, 3.63) is 53.1 Å². The molecule has 8 heteroatoms. The summed E-state index contributed by atoms with van der Waals surface area (Å²) in [4.78, 5) is 16.5. The molecule has 3 aromatic rings. The van der Waals surface area contributed by atoms with Crippen LogP contribution in [0.4, 0.5) is 5.69 Å². The van der Waals surface area contributed by atoms with Gasteiger partial charge in [0.15, 0.2) is 5.82 Å². The van der Waals surface area contributed by atoms with Gasteiger partial charge in [-0.2, -0.15) is 0 Å². The summed E-state index contributed by atoms with van der Waals surface area (Å²) in [5, 5.41) is 10.9. The maximum absolute atomic E-state index is 12.1. The highest BCUT2D eigenvalue weighted by Gasteiger charge is 2.10. The van der Waals surface area contributed by atoms with E-state index in [9.17, 15) is 4.79 Å². The van der Waals surface area contributed by atoms with Crippen molar-refractivity contribution in [2.24, 2.45) is 0 Å². The Labute approximate surface area is 160 Å². The summed E-state index contributed by atoms with van der Waals surface area (Å²) in [6, 6.07) is 12.9. The van der Waals surface area contributed by atoms with Gasteiger partial charge in [0.2, 0.25) is 11.1 Å². The second-order valence-electron chi connectivity index (χ2n) is 5.50. The van der Waals surface area contributed by atoms with Gasteiger partial charge in [0.1, 0.15) is 5.75 Å². The van der Waals surface area contributed by atoms with Crippen LogP contribution in [0.3, 0.4) is 0 Å². The molecule has 0 fully saturated rings. The number of halogens is 1. The minimum absolute atomic E-state index is 0.147. The number of ether oxygens (including phenoxy) is 1. The predicted molar refractivity (Wildman–Crippen MR) is 104 cm³/mol. The number of methoxy groups -OCH3 is 1. The van der Waals surface area contributed by atoms with Gasteiger partial charge in [-0.1, -0.05) is 29.4 Å². The molecule has 134 valence electrons. The average Bonchev–Trinajstić information content (AvgIpc) is 3.12. The van der Waals surface area contributed by atoms with Crippen LogP contribution in [0.15, 0.2) is 47.6 Å². The molecule has 0 radical (unpaired) electrons. The molecule has 6 nitrogen and oxygen atoms in total. The lowest BCUT2D eigenvalue weighted by Crippen LogP contribution is -2.14. The first-order valence-corrected chi connectivity index (χ1v) is 9.17. The number of aryl methyl sites for hydroxylation is 1. The molecule has 1 amide bonds. The molecule has 0 aliphatic carbocycles. The molecule has 0 saturated heterocycles. The quantitative estimate of drug-likeness (QED) is 0.619. The van der Waals surface area contributed by atoms with Crippen molar-refractivity contribution in [1.29, 1.82) is 0 Å². The largest absolute Gasteiger partial charge is 0.497 e. The van der Waals surface area contributed by atoms with Crippen LogP contribution in [0.25, 0.3) is 11.4 Å². The molecule has 3 rings (SSSR count). The number of hydrogen-bond acceptors (Lipinski definition) is 5. The third-order valence-corrected chi connectivity index (χ3v) is 4.87. The van der Waals surface area contributed by atoms with Gasteiger partial charge in [0.25, 0.3) is 0 Å². The molecule has 0 bridgehead atoms. The lowest BCUT2D eigenvalue weighted by atomic mass is 10.2. The monoisotopic (exact) mass is 388 g/mol. The highest BCUT2D eigenvalue weighted by Crippen LogP contribution is 2.23. The van der Waals surface area contributed by atoms with E-state index in [0.29, 0.717) is 21.7 Å². The Morgan fingerprint density at radius 2 is 2.04 bits per heavy atom. The number of nitrogens with zero attached hydrogens (tertiary/aromatic N) is 2. The highest BCUT2D eigenvalue weighted by molar-refractivity contribution is 7.99. The van der Waals surface area contributed by atoms with Crippen molar-refractivity contribution in [3.63, 3.8) is 0 Å². The zero-order valence-electron chi connectivity index (χ0n) is 14.2. The maximum atomic E-state index is 12.1. The zero-order valence-corrected chi connectivity index (χ0v) is 15.8. The molecule has 2 N–H and O–H groups in total. The minimum Gasteiger partial charge on any atom is -0.497 e. The van der Waals surface area contributed by atoms with E-state index in [1.807, 2.05) is 43.3 Å². The summed E-state index contributed by atoms with van der Waals surface area (Å²) in [7, 11) is 1.62. The molecular weight excluding hydrogens is 372 g/mol. The van der Waals surface area contributed by atoms with Crippen molar-refractivity contribution in [2.45, 2.75) is 12.1 Å². The van der Waals surface area contributed by atoms with Crippen LogP contribution in [0.2, 0.25) is 5.02 Å². The Hall–Kier alpha value is -2.51. The van der Waals surface area contributed by atoms with E-state index in [4.69, 9.17) is 16.3 Å². The fourth-order valence-corrected chi connectivity index (χ4v) is 2.97. The number of nitrogens with one attached hydrogen (secondary N) is 2. The van der Waals surface area contributed by atoms with E-state index in [0.717, 1.165) is 16.9 Å². The number of benzene rings is 2. The van der Waals surface area contributed by atoms with Gasteiger partial charge in [-0.3, -0.25) is 9.89 Å². The van der Waals surface area contributed by atoms with Gasteiger partial charge < -0.3 is 10.1 Å². The molecule has 0 saturated carbocycles. The first-order chi connectivity index (χ1) is 12.5. The Balaban J connectivity index is 1.56. The van der Waals surface area contributed by atoms with E-state index in [1.54, 1.807) is 13.2 Å². The van der Waals surface area contributed by atoms with Crippen molar-refractivity contribution < 1.29 is 9.53 Å². The van der Waals surface area contributed by atoms with Crippen molar-refractivity contribution in [2.75, 3.05) is 18.2 Å². The fraction of sp³-hybridized carbons (Fsp3) is 0.167. The van der Waals surface area contributed by atoms with Gasteiger partial charge in [-0.25, -0.2) is 4.98 Å². The van der Waals surface area contributed by atoms with E-state index in [2.05, 4.69) is 20.5 Å². The van der Waals surface area contributed by atoms with Gasteiger partial charge in [-0.15, -0.1) is 5.10 Å². The number of aromatic nitrogens is 3. The Kier molecular flexibility index (Phi) is 5.80. The molecule has 0 atom stereocenters. The number of carbonyl (C=O) groups excluding carboxylic acids is 1. The van der Waals surface area contributed by atoms with Crippen LogP contribution < -0.4 is 10.1 Å². The standard InChI is InChI=1S/C18H17ClN4O2S/c1-11-3-6-13(9-15(11)19)20-16(24)10-26-18-21-17(22-23-18)12-4-7-14(25-2)8-5-12/h3-9H,10H2,1-2H3,(H,20,24)(H,21,22,23). The Morgan fingerprint density at radius 1 is 1.27 bits per heavy atom. The summed E-state index contributed by atoms with van der Waals surface area (Å²) in [6.45, 7) is 1.91. The van der Waals surface area contributed by atoms with Gasteiger partial charge in [0, 0.05) is 16.3 Å². The maximum Gasteiger partial charge on any atom is 0.234 e. The van der Waals surface area contributed by atoms with Crippen molar-refractivity contribution in [3.8, 4) is 17.1 Å². The van der Waals surface area contributed by atoms with Gasteiger partial charge in [0.05, 0.1) is 12.9 Å². The van der Waals surface area contributed by atoms with Crippen LogP contribution in [0.5, 0.6) is 5.75 Å². The number of hydrogen-bond donors (Lipinski definition) is 2. The van der Waals surface area contributed by atoms with Crippen LogP contribution >= 0.6 is 23.4 Å². The van der Waals surface area contributed by atoms with Crippen molar-refractivity contribution >= 4 is 35.0 Å². The van der Waals surface area contributed by atoms with E-state index < -0.39 is 0 Å².